The molecule has 0 N–H and O–H groups in total. The third-order valence-electron chi connectivity index (χ3n) is 1.91. The Morgan fingerprint density at radius 1 is 1.31 bits per heavy atom. The Bertz CT molecular complexity index is 262. The van der Waals surface area contributed by atoms with Crippen molar-refractivity contribution in [2.75, 3.05) is 0 Å². The van der Waals surface area contributed by atoms with Crippen LogP contribution >= 0.6 is 11.8 Å². The van der Waals surface area contributed by atoms with Crippen molar-refractivity contribution in [1.82, 2.24) is 0 Å². The smallest absolute Gasteiger partial charge is 0.0228 e. The van der Waals surface area contributed by atoms with Crippen LogP contribution in [0, 0.1) is 5.92 Å². The molecule has 1 heteroatoms. The third kappa shape index (κ3) is 3.69. The molecule has 0 aliphatic carbocycles. The molecule has 13 heavy (non-hydrogen) atoms. The average molecular weight is 192 g/mol. The molecule has 0 saturated carbocycles. The highest BCUT2D eigenvalue weighted by Gasteiger charge is 2.00. The van der Waals surface area contributed by atoms with Gasteiger partial charge in [0.1, 0.15) is 0 Å². The van der Waals surface area contributed by atoms with Gasteiger partial charge in [0.15, 0.2) is 0 Å². The van der Waals surface area contributed by atoms with Crippen LogP contribution in [0.5, 0.6) is 0 Å². The number of rotatable bonds is 4. The zero-order valence-electron chi connectivity index (χ0n) is 8.29. The normalized spacial score (nSPS) is 10.4. The molecule has 0 aromatic heterocycles. The van der Waals surface area contributed by atoms with Gasteiger partial charge in [-0.3, -0.25) is 0 Å². The molecule has 0 nitrogen and oxygen atoms in total. The Balaban J connectivity index is 2.40. The van der Waals surface area contributed by atoms with Gasteiger partial charge in [-0.15, -0.1) is 11.8 Å². The molecular weight excluding hydrogens is 176 g/mol. The summed E-state index contributed by atoms with van der Waals surface area (Å²) < 4.78 is 0. The van der Waals surface area contributed by atoms with Gasteiger partial charge < -0.3 is 0 Å². The van der Waals surface area contributed by atoms with Crippen LogP contribution in [0.3, 0.4) is 0 Å². The first-order valence-electron chi connectivity index (χ1n) is 4.55. The summed E-state index contributed by atoms with van der Waals surface area (Å²) in [4.78, 5) is 1.27. The Hall–Kier alpha value is -0.690. The predicted octanol–water partition coefficient (Wildman–Crippen LogP) is 4.09. The lowest BCUT2D eigenvalue weighted by Crippen LogP contribution is -1.88. The zero-order valence-corrected chi connectivity index (χ0v) is 9.10. The highest BCUT2D eigenvalue weighted by Crippen LogP contribution is 2.25. The van der Waals surface area contributed by atoms with Crippen LogP contribution in [-0.2, 0) is 5.75 Å². The van der Waals surface area contributed by atoms with Gasteiger partial charge in [-0.25, -0.2) is 0 Å². The van der Waals surface area contributed by atoms with Crippen LogP contribution < -0.4 is 0 Å². The molecule has 0 aliphatic rings. The third-order valence-corrected chi connectivity index (χ3v) is 3.23. The fourth-order valence-electron chi connectivity index (χ4n) is 0.917. The molecule has 0 aliphatic heterocycles. The van der Waals surface area contributed by atoms with E-state index < -0.39 is 0 Å². The highest BCUT2D eigenvalue weighted by molar-refractivity contribution is 8.02. The summed E-state index contributed by atoms with van der Waals surface area (Å²) in [5.41, 5.74) is 1.37. The summed E-state index contributed by atoms with van der Waals surface area (Å²) >= 11 is 1.84. The molecule has 0 atom stereocenters. The summed E-state index contributed by atoms with van der Waals surface area (Å²) in [7, 11) is 0. The van der Waals surface area contributed by atoms with Gasteiger partial charge in [-0.2, -0.15) is 0 Å². The van der Waals surface area contributed by atoms with Gasteiger partial charge in [0, 0.05) is 5.75 Å². The summed E-state index contributed by atoms with van der Waals surface area (Å²) in [6, 6.07) is 10.5. The van der Waals surface area contributed by atoms with Gasteiger partial charge in [-0.1, -0.05) is 50.8 Å². The molecular formula is C12H16S. The Morgan fingerprint density at radius 2 is 1.92 bits per heavy atom. The van der Waals surface area contributed by atoms with Crippen molar-refractivity contribution in [3.63, 3.8) is 0 Å². The fourth-order valence-corrected chi connectivity index (χ4v) is 1.79. The molecule has 0 fully saturated rings. The van der Waals surface area contributed by atoms with E-state index in [1.54, 1.807) is 0 Å². The number of benzene rings is 1. The lowest BCUT2D eigenvalue weighted by atomic mass is 10.2. The van der Waals surface area contributed by atoms with Crippen molar-refractivity contribution in [1.29, 1.82) is 0 Å². The van der Waals surface area contributed by atoms with E-state index in [-0.39, 0.29) is 0 Å². The molecule has 0 spiro atoms. The zero-order chi connectivity index (χ0) is 9.68. The molecule has 1 rings (SSSR count). The maximum Gasteiger partial charge on any atom is 0.0228 e. The second kappa shape index (κ2) is 5.13. The van der Waals surface area contributed by atoms with Crippen LogP contribution in [-0.4, -0.2) is 0 Å². The lowest BCUT2D eigenvalue weighted by molar-refractivity contribution is 0.819. The Labute approximate surface area is 85.1 Å². The van der Waals surface area contributed by atoms with Gasteiger partial charge >= 0.3 is 0 Å². The van der Waals surface area contributed by atoms with Crippen LogP contribution in [0.15, 0.2) is 41.8 Å². The second-order valence-corrected chi connectivity index (χ2v) is 4.50. The minimum Gasteiger partial charge on any atom is -0.126 e. The summed E-state index contributed by atoms with van der Waals surface area (Å²) in [5.74, 6) is 1.62. The molecule has 0 radical (unpaired) electrons. The van der Waals surface area contributed by atoms with E-state index in [4.69, 9.17) is 0 Å². The maximum atomic E-state index is 4.03. The van der Waals surface area contributed by atoms with Gasteiger partial charge in [-0.05, 0) is 16.4 Å². The van der Waals surface area contributed by atoms with Gasteiger partial charge in [0.05, 0.1) is 0 Å². The van der Waals surface area contributed by atoms with Crippen molar-refractivity contribution in [3.05, 3.63) is 47.4 Å². The van der Waals surface area contributed by atoms with Crippen molar-refractivity contribution in [3.8, 4) is 0 Å². The van der Waals surface area contributed by atoms with Gasteiger partial charge in [0.2, 0.25) is 0 Å². The number of thioether (sulfide) groups is 1. The Kier molecular flexibility index (Phi) is 4.10. The first-order chi connectivity index (χ1) is 6.20. The molecule has 1 aromatic rings. The minimum atomic E-state index is 0.578. The topological polar surface area (TPSA) is 0 Å². The standard InChI is InChI=1S/C12H16S/c1-10(2)11(3)13-9-12-7-5-4-6-8-12/h4-8,10H,3,9H2,1-2H3. The second-order valence-electron chi connectivity index (χ2n) is 3.40. The van der Waals surface area contributed by atoms with E-state index in [1.807, 2.05) is 17.8 Å². The highest BCUT2D eigenvalue weighted by atomic mass is 32.2. The lowest BCUT2D eigenvalue weighted by Gasteiger charge is -2.08. The first kappa shape index (κ1) is 10.4. The first-order valence-corrected chi connectivity index (χ1v) is 5.54. The van der Waals surface area contributed by atoms with Crippen LogP contribution in [0.4, 0.5) is 0 Å². The van der Waals surface area contributed by atoms with E-state index in [0.29, 0.717) is 5.92 Å². The molecule has 0 saturated heterocycles. The quantitative estimate of drug-likeness (QED) is 0.692. The molecule has 0 heterocycles. The average Bonchev–Trinajstić information content (AvgIpc) is 2.15. The molecule has 0 unspecified atom stereocenters. The van der Waals surface area contributed by atoms with Crippen LogP contribution in [0.25, 0.3) is 0 Å². The summed E-state index contributed by atoms with van der Waals surface area (Å²) in [6.07, 6.45) is 0. The van der Waals surface area contributed by atoms with Crippen LogP contribution in [0.1, 0.15) is 19.4 Å². The SMILES string of the molecule is C=C(SCc1ccccc1)C(C)C. The van der Waals surface area contributed by atoms with Crippen molar-refractivity contribution < 1.29 is 0 Å². The molecule has 0 bridgehead atoms. The summed E-state index contributed by atoms with van der Waals surface area (Å²) in [6.45, 7) is 8.39. The van der Waals surface area contributed by atoms with Gasteiger partial charge in [0.25, 0.3) is 0 Å². The van der Waals surface area contributed by atoms with Crippen molar-refractivity contribution in [2.24, 2.45) is 5.92 Å². The van der Waals surface area contributed by atoms with E-state index in [9.17, 15) is 0 Å². The maximum absolute atomic E-state index is 4.03. The predicted molar refractivity (Wildman–Crippen MR) is 61.7 cm³/mol. The number of hydrogen-bond donors (Lipinski definition) is 0. The van der Waals surface area contributed by atoms with E-state index in [2.05, 4.69) is 44.7 Å². The molecule has 0 amide bonds. The minimum absolute atomic E-state index is 0.578. The molecule has 1 aromatic carbocycles. The monoisotopic (exact) mass is 192 g/mol. The fraction of sp³-hybridized carbons (Fsp3) is 0.333. The Morgan fingerprint density at radius 3 is 2.46 bits per heavy atom. The van der Waals surface area contributed by atoms with E-state index in [1.165, 1.54) is 10.5 Å². The number of hydrogen-bond acceptors (Lipinski definition) is 1. The molecule has 70 valence electrons. The van der Waals surface area contributed by atoms with Crippen molar-refractivity contribution in [2.45, 2.75) is 19.6 Å². The largest absolute Gasteiger partial charge is 0.126 e. The van der Waals surface area contributed by atoms with E-state index >= 15 is 0 Å². The summed E-state index contributed by atoms with van der Waals surface area (Å²) in [5, 5.41) is 0. The van der Waals surface area contributed by atoms with E-state index in [0.717, 1.165) is 5.75 Å². The van der Waals surface area contributed by atoms with Crippen molar-refractivity contribution >= 4 is 11.8 Å². The number of allylic oxidation sites excluding steroid dienone is 1. The van der Waals surface area contributed by atoms with Crippen LogP contribution in [0.2, 0.25) is 0 Å².